The first kappa shape index (κ1) is 31.8. The van der Waals surface area contributed by atoms with E-state index in [4.69, 9.17) is 10.5 Å². The number of nitrogens with two attached hydrogens (primary N) is 1. The minimum atomic E-state index is -3.85. The fourth-order valence-corrected chi connectivity index (χ4v) is 7.41. The lowest BCUT2D eigenvalue weighted by Gasteiger charge is -2.27. The molecule has 244 valence electrons. The van der Waals surface area contributed by atoms with Gasteiger partial charge in [-0.05, 0) is 85.7 Å². The van der Waals surface area contributed by atoms with Crippen molar-refractivity contribution in [3.05, 3.63) is 94.3 Å². The Hall–Kier alpha value is -4.13. The molecule has 0 spiro atoms. The van der Waals surface area contributed by atoms with Gasteiger partial charge in [0.15, 0.2) is 0 Å². The van der Waals surface area contributed by atoms with Crippen LogP contribution in [0.2, 0.25) is 0 Å². The number of aliphatic hydroxyl groups excluding tert-OH is 1. The van der Waals surface area contributed by atoms with Crippen LogP contribution in [0, 0.1) is 5.92 Å². The molecule has 46 heavy (non-hydrogen) atoms. The van der Waals surface area contributed by atoms with E-state index in [1.54, 1.807) is 48.7 Å². The number of hydrogen-bond donors (Lipinski definition) is 5. The number of hydrogen-bond acceptors (Lipinski definition) is 8. The van der Waals surface area contributed by atoms with Crippen molar-refractivity contribution in [2.45, 2.75) is 74.9 Å². The smallest absolute Gasteiger partial charge is 0.330 e. The second kappa shape index (κ2) is 14.1. The van der Waals surface area contributed by atoms with Crippen LogP contribution in [0.15, 0.2) is 76.7 Å². The zero-order chi connectivity index (χ0) is 32.1. The summed E-state index contributed by atoms with van der Waals surface area (Å²) in [5.74, 6) is 1.84. The molecule has 4 aromatic rings. The van der Waals surface area contributed by atoms with Gasteiger partial charge < -0.3 is 25.9 Å². The number of nitrogen functional groups attached to an aromatic ring is 1. The van der Waals surface area contributed by atoms with E-state index < -0.39 is 16.1 Å². The van der Waals surface area contributed by atoms with Crippen LogP contribution >= 0.6 is 0 Å². The van der Waals surface area contributed by atoms with Crippen molar-refractivity contribution in [1.29, 1.82) is 0 Å². The Kier molecular flexibility index (Phi) is 9.76. The van der Waals surface area contributed by atoms with Gasteiger partial charge in [0, 0.05) is 42.4 Å². The molecule has 0 radical (unpaired) electrons. The number of H-pyrrole nitrogens is 1. The van der Waals surface area contributed by atoms with Gasteiger partial charge in [0.1, 0.15) is 17.7 Å². The fraction of sp³-hybridized carbons (Fsp3) is 0.412. The average Bonchev–Trinajstić information content (AvgIpc) is 3.44. The summed E-state index contributed by atoms with van der Waals surface area (Å²) in [7, 11) is -3.85. The Labute approximate surface area is 269 Å². The van der Waals surface area contributed by atoms with Gasteiger partial charge in [-0.1, -0.05) is 38.2 Å². The number of rotatable bonds is 12. The number of anilines is 2. The van der Waals surface area contributed by atoms with Gasteiger partial charge in [-0.15, -0.1) is 0 Å². The second-order valence-electron chi connectivity index (χ2n) is 12.4. The topological polar surface area (TPSA) is 164 Å². The number of benzene rings is 2. The Morgan fingerprint density at radius 3 is 2.63 bits per heavy atom. The van der Waals surface area contributed by atoms with Gasteiger partial charge in [0.05, 0.1) is 16.7 Å². The molecule has 6 N–H and O–H groups in total. The van der Waals surface area contributed by atoms with Crippen LogP contribution in [0.3, 0.4) is 0 Å². The Bertz CT molecular complexity index is 1780. The molecule has 1 aliphatic heterocycles. The highest BCUT2D eigenvalue weighted by Crippen LogP contribution is 2.31. The van der Waals surface area contributed by atoms with E-state index in [0.29, 0.717) is 41.6 Å². The van der Waals surface area contributed by atoms with Crippen LogP contribution in [0.5, 0.6) is 5.75 Å². The first-order valence-corrected chi connectivity index (χ1v) is 17.6. The molecule has 12 heteroatoms. The van der Waals surface area contributed by atoms with Gasteiger partial charge in [-0.3, -0.25) is 9.29 Å². The third kappa shape index (κ3) is 7.80. The quantitative estimate of drug-likeness (QED) is 0.150. The number of sulfonamides is 1. The Morgan fingerprint density at radius 2 is 1.87 bits per heavy atom. The highest BCUT2D eigenvalue weighted by atomic mass is 32.2. The lowest BCUT2D eigenvalue weighted by Crippen LogP contribution is -2.36. The van der Waals surface area contributed by atoms with E-state index in [1.165, 1.54) is 48.8 Å². The molecule has 0 bridgehead atoms. The Morgan fingerprint density at radius 1 is 1.07 bits per heavy atom. The van der Waals surface area contributed by atoms with E-state index >= 15 is 0 Å². The van der Waals surface area contributed by atoms with Crippen LogP contribution in [-0.2, 0) is 22.9 Å². The lowest BCUT2D eigenvalue weighted by molar-refractivity contribution is 0.146. The van der Waals surface area contributed by atoms with Crippen molar-refractivity contribution >= 4 is 21.5 Å². The number of aromatic nitrogens is 3. The molecule has 0 saturated heterocycles. The summed E-state index contributed by atoms with van der Waals surface area (Å²) >= 11 is 0. The minimum Gasteiger partial charge on any atom is -0.489 e. The van der Waals surface area contributed by atoms with Gasteiger partial charge >= 0.3 is 5.69 Å². The zero-order valence-electron chi connectivity index (χ0n) is 25.8. The molecule has 1 aliphatic carbocycles. The van der Waals surface area contributed by atoms with Crippen molar-refractivity contribution in [2.24, 2.45) is 5.92 Å². The van der Waals surface area contributed by atoms with Gasteiger partial charge in [-0.25, -0.2) is 18.2 Å². The summed E-state index contributed by atoms with van der Waals surface area (Å²) in [5.41, 5.74) is 8.96. The Balaban J connectivity index is 1.02. The van der Waals surface area contributed by atoms with Crippen LogP contribution in [-0.4, -0.2) is 47.3 Å². The molecule has 2 aromatic carbocycles. The number of nitrogens with one attached hydrogen (secondary N) is 3. The standard InChI is InChI=1S/C34H42N6O5S/c35-33-17-8-25(19-37-33)31(41)21-36-20-29-13-7-24-18-26(10-16-32(24)45-29)39-46(43,44)30-14-11-28(12-15-30)40-22-27(38-34(40)42)9-6-23-4-2-1-3-5-23/h8,10-12,14-19,22-23,29,31,36,39,41H,1-7,9,13,20-21H2,(H2,35,37)(H,38,42). The fourth-order valence-electron chi connectivity index (χ4n) is 6.36. The van der Waals surface area contributed by atoms with Crippen molar-refractivity contribution in [3.8, 4) is 11.4 Å². The van der Waals surface area contributed by atoms with Gasteiger partial charge in [0.2, 0.25) is 0 Å². The predicted octanol–water partition coefficient (Wildman–Crippen LogP) is 4.47. The number of aromatic amines is 1. The molecule has 2 atom stereocenters. The number of fused-ring (bicyclic) bond motifs is 1. The molecule has 11 nitrogen and oxygen atoms in total. The number of pyridine rings is 1. The van der Waals surface area contributed by atoms with E-state index in [2.05, 4.69) is 20.0 Å². The van der Waals surface area contributed by atoms with Crippen molar-refractivity contribution < 1.29 is 18.3 Å². The number of nitrogens with zero attached hydrogens (tertiary/aromatic N) is 2. The van der Waals surface area contributed by atoms with Crippen molar-refractivity contribution in [3.63, 3.8) is 0 Å². The molecular weight excluding hydrogens is 604 g/mol. The summed E-state index contributed by atoms with van der Waals surface area (Å²) in [4.78, 5) is 19.7. The molecule has 2 unspecified atom stereocenters. The maximum atomic E-state index is 13.2. The van der Waals surface area contributed by atoms with E-state index in [9.17, 15) is 18.3 Å². The first-order valence-electron chi connectivity index (χ1n) is 16.1. The SMILES string of the molecule is Nc1ccc(C(O)CNCC2CCc3cc(NS(=O)(=O)c4ccc(-n5cc(CCC6CCCCC6)[nH]c5=O)cc4)ccc3O2)cn1. The minimum absolute atomic E-state index is 0.0780. The third-order valence-corrected chi connectivity index (χ3v) is 10.4. The van der Waals surface area contributed by atoms with Gasteiger partial charge in [-0.2, -0.15) is 0 Å². The molecule has 2 aromatic heterocycles. The zero-order valence-corrected chi connectivity index (χ0v) is 26.6. The average molecular weight is 647 g/mol. The first-order chi connectivity index (χ1) is 22.2. The highest BCUT2D eigenvalue weighted by Gasteiger charge is 2.22. The normalized spacial score (nSPS) is 17.6. The lowest BCUT2D eigenvalue weighted by atomic mass is 9.86. The maximum Gasteiger partial charge on any atom is 0.330 e. The molecule has 1 saturated carbocycles. The van der Waals surface area contributed by atoms with Crippen molar-refractivity contribution in [2.75, 3.05) is 23.5 Å². The molecule has 1 fully saturated rings. The van der Waals surface area contributed by atoms with Gasteiger partial charge in [0.25, 0.3) is 10.0 Å². The third-order valence-electron chi connectivity index (χ3n) is 8.99. The predicted molar refractivity (Wildman–Crippen MR) is 178 cm³/mol. The van der Waals surface area contributed by atoms with Crippen LogP contribution in [0.1, 0.15) is 67.9 Å². The van der Waals surface area contributed by atoms with Crippen molar-refractivity contribution in [1.82, 2.24) is 19.9 Å². The molecule has 2 aliphatic rings. The second-order valence-corrected chi connectivity index (χ2v) is 14.1. The number of aliphatic hydroxyl groups is 1. The molecule has 6 rings (SSSR count). The molecule has 3 heterocycles. The number of imidazole rings is 1. The maximum absolute atomic E-state index is 13.2. The largest absolute Gasteiger partial charge is 0.489 e. The van der Waals surface area contributed by atoms with Crippen LogP contribution in [0.4, 0.5) is 11.5 Å². The number of aryl methyl sites for hydroxylation is 2. The highest BCUT2D eigenvalue weighted by molar-refractivity contribution is 7.92. The van der Waals surface area contributed by atoms with E-state index in [1.807, 2.05) is 6.20 Å². The summed E-state index contributed by atoms with van der Waals surface area (Å²) in [5, 5.41) is 13.6. The monoisotopic (exact) mass is 646 g/mol. The number of ether oxygens (including phenoxy) is 1. The van der Waals surface area contributed by atoms with E-state index in [0.717, 1.165) is 42.9 Å². The van der Waals surface area contributed by atoms with E-state index in [-0.39, 0.29) is 16.7 Å². The molecular formula is C34H42N6O5S. The molecule has 0 amide bonds. The summed E-state index contributed by atoms with van der Waals surface area (Å²) < 4.78 is 36.8. The summed E-state index contributed by atoms with van der Waals surface area (Å²) in [6, 6.07) is 15.0. The summed E-state index contributed by atoms with van der Waals surface area (Å²) in [6.07, 6.45) is 12.4. The van der Waals surface area contributed by atoms with Crippen LogP contribution < -0.4 is 26.2 Å². The van der Waals surface area contributed by atoms with Crippen LogP contribution in [0.25, 0.3) is 5.69 Å². The summed E-state index contributed by atoms with van der Waals surface area (Å²) in [6.45, 7) is 0.906.